The lowest BCUT2D eigenvalue weighted by atomic mass is 9.79. The molecule has 0 spiro atoms. The van der Waals surface area contributed by atoms with E-state index in [4.69, 9.17) is 5.10 Å². The van der Waals surface area contributed by atoms with E-state index in [0.717, 1.165) is 49.4 Å². The maximum Gasteiger partial charge on any atom is 0.321 e. The predicted molar refractivity (Wildman–Crippen MR) is 155 cm³/mol. The summed E-state index contributed by atoms with van der Waals surface area (Å²) in [4.78, 5) is 13.4. The molecule has 0 atom stereocenters. The number of aromatic nitrogens is 5. The Balaban J connectivity index is 1.36. The summed E-state index contributed by atoms with van der Waals surface area (Å²) >= 11 is 0. The first-order chi connectivity index (χ1) is 19.4. The summed E-state index contributed by atoms with van der Waals surface area (Å²) in [5.41, 5.74) is 1.28. The van der Waals surface area contributed by atoms with Crippen LogP contribution in [-0.2, 0) is 5.60 Å². The molecule has 2 saturated carbocycles. The van der Waals surface area contributed by atoms with Gasteiger partial charge in [-0.3, -0.25) is 9.48 Å². The minimum absolute atomic E-state index is 0.000873. The van der Waals surface area contributed by atoms with Gasteiger partial charge in [0.25, 0.3) is 5.69 Å². The van der Waals surface area contributed by atoms with E-state index < -0.39 is 17.1 Å². The van der Waals surface area contributed by atoms with Crippen molar-refractivity contribution >= 4 is 22.5 Å². The van der Waals surface area contributed by atoms with Crippen LogP contribution in [0.15, 0.2) is 48.9 Å². The Labute approximate surface area is 239 Å². The van der Waals surface area contributed by atoms with Gasteiger partial charge < -0.3 is 20.7 Å². The number of anilines is 1. The van der Waals surface area contributed by atoms with E-state index >= 15 is 0 Å². The van der Waals surface area contributed by atoms with Gasteiger partial charge in [-0.25, -0.2) is 4.68 Å². The fourth-order valence-corrected chi connectivity index (χ4v) is 6.02. The van der Waals surface area contributed by atoms with Crippen LogP contribution in [0.4, 0.5) is 5.69 Å². The number of fused-ring (bicyclic) bond motifs is 1. The molecular weight excluding hydrogens is 520 g/mol. The van der Waals surface area contributed by atoms with Crippen molar-refractivity contribution in [1.82, 2.24) is 19.6 Å². The Bertz CT molecular complexity index is 1600. The first kappa shape index (κ1) is 27.4. The lowest BCUT2D eigenvalue weighted by molar-refractivity contribution is -0.617. The second-order valence-corrected chi connectivity index (χ2v) is 12.6. The number of carbonyl (C=O) groups is 1. The Kier molecular flexibility index (Phi) is 6.66. The van der Waals surface area contributed by atoms with E-state index in [-0.39, 0.29) is 17.7 Å². The first-order valence-corrected chi connectivity index (χ1v) is 14.5. The second-order valence-electron chi connectivity index (χ2n) is 12.6. The molecule has 0 saturated heterocycles. The fraction of sp³-hybridized carbons (Fsp3) is 0.484. The van der Waals surface area contributed by atoms with Crippen molar-refractivity contribution in [3.05, 3.63) is 71.1 Å². The Morgan fingerprint density at radius 2 is 1.90 bits per heavy atom. The first-order valence-electron chi connectivity index (χ1n) is 14.5. The topological polar surface area (TPSA) is 132 Å². The molecule has 3 N–H and O–H groups in total. The average molecular weight is 559 g/mol. The lowest BCUT2D eigenvalue weighted by Crippen LogP contribution is -2.41. The fourth-order valence-electron chi connectivity index (χ4n) is 6.02. The highest BCUT2D eigenvalue weighted by Crippen LogP contribution is 2.49. The standard InChI is InChI=1S/C31H38N6O4/c1-19(2)26-6-5-7-27(37(26)41)29(38)33-25-14-20-17-35(23-10-12-31(40,13-11-23)21-8-9-21)34-24(20)15-28(25)36-18-22(16-32-36)30(3,4)39/h5-7,14-19,21,23,39-40H,8-13H2,1-4H3,(H,33,38). The number of benzene rings is 1. The zero-order valence-electron chi connectivity index (χ0n) is 24.0. The molecule has 2 fully saturated rings. The number of hydrogen-bond donors (Lipinski definition) is 3. The Hall–Kier alpha value is -3.76. The third-order valence-corrected chi connectivity index (χ3v) is 8.75. The van der Waals surface area contributed by atoms with Crippen LogP contribution >= 0.6 is 0 Å². The summed E-state index contributed by atoms with van der Waals surface area (Å²) in [6, 6.07) is 8.84. The van der Waals surface area contributed by atoms with Gasteiger partial charge in [-0.1, -0.05) is 13.8 Å². The van der Waals surface area contributed by atoms with Crippen LogP contribution in [0.5, 0.6) is 0 Å². The number of nitrogens with one attached hydrogen (secondary N) is 1. The van der Waals surface area contributed by atoms with Crippen molar-refractivity contribution < 1.29 is 19.7 Å². The minimum atomic E-state index is -1.10. The molecule has 0 radical (unpaired) electrons. The average Bonchev–Trinajstić information content (AvgIpc) is 3.52. The zero-order valence-corrected chi connectivity index (χ0v) is 24.0. The van der Waals surface area contributed by atoms with Crippen LogP contribution in [0.3, 0.4) is 0 Å². The quantitative estimate of drug-likeness (QED) is 0.222. The normalized spacial score (nSPS) is 21.5. The van der Waals surface area contributed by atoms with E-state index in [1.165, 1.54) is 6.07 Å². The number of carbonyl (C=O) groups excluding carboxylic acids is 1. The highest BCUT2D eigenvalue weighted by molar-refractivity contribution is 6.04. The molecule has 216 valence electrons. The van der Waals surface area contributed by atoms with Crippen LogP contribution in [-0.4, -0.2) is 41.3 Å². The van der Waals surface area contributed by atoms with E-state index in [1.54, 1.807) is 43.1 Å². The molecular formula is C31H38N6O4. The van der Waals surface area contributed by atoms with Crippen molar-refractivity contribution in [2.24, 2.45) is 5.92 Å². The molecule has 2 aliphatic carbocycles. The molecule has 0 unspecified atom stereocenters. The molecule has 1 amide bonds. The number of rotatable bonds is 7. The SMILES string of the molecule is CC(C)c1cccc(C(=O)Nc2cc3cn(C4CCC(O)(C5CC5)CC4)nc3cc2-n2cc(C(C)(C)O)cn2)[n+]1[O-]. The summed E-state index contributed by atoms with van der Waals surface area (Å²) in [6.07, 6.45) is 10.8. The van der Waals surface area contributed by atoms with Crippen molar-refractivity contribution in [3.8, 4) is 5.69 Å². The molecule has 41 heavy (non-hydrogen) atoms. The van der Waals surface area contributed by atoms with Crippen LogP contribution in [0.1, 0.15) is 99.9 Å². The molecule has 4 aromatic rings. The molecule has 10 nitrogen and oxygen atoms in total. The van der Waals surface area contributed by atoms with Gasteiger partial charge in [-0.05, 0) is 76.5 Å². The van der Waals surface area contributed by atoms with Gasteiger partial charge in [0, 0.05) is 41.4 Å². The molecule has 0 aliphatic heterocycles. The zero-order chi connectivity index (χ0) is 29.1. The number of pyridine rings is 1. The molecule has 1 aromatic carbocycles. The summed E-state index contributed by atoms with van der Waals surface area (Å²) in [7, 11) is 0. The van der Waals surface area contributed by atoms with Crippen molar-refractivity contribution in [1.29, 1.82) is 0 Å². The van der Waals surface area contributed by atoms with Crippen molar-refractivity contribution in [2.75, 3.05) is 5.32 Å². The molecule has 6 rings (SSSR count). The van der Waals surface area contributed by atoms with E-state index in [1.807, 2.05) is 36.9 Å². The van der Waals surface area contributed by atoms with E-state index in [2.05, 4.69) is 10.4 Å². The molecule has 2 aliphatic rings. The summed E-state index contributed by atoms with van der Waals surface area (Å²) in [5.74, 6) is -0.120. The molecule has 3 aromatic heterocycles. The second kappa shape index (κ2) is 9.95. The van der Waals surface area contributed by atoms with Gasteiger partial charge in [-0.15, -0.1) is 0 Å². The Morgan fingerprint density at radius 1 is 1.17 bits per heavy atom. The number of aliphatic hydroxyl groups is 2. The van der Waals surface area contributed by atoms with E-state index in [9.17, 15) is 20.2 Å². The lowest BCUT2D eigenvalue weighted by Gasteiger charge is -2.36. The minimum Gasteiger partial charge on any atom is -0.618 e. The molecule has 3 heterocycles. The van der Waals surface area contributed by atoms with Gasteiger partial charge >= 0.3 is 5.91 Å². The monoisotopic (exact) mass is 558 g/mol. The Morgan fingerprint density at radius 3 is 2.54 bits per heavy atom. The molecule has 0 bridgehead atoms. The van der Waals surface area contributed by atoms with Gasteiger partial charge in [0.1, 0.15) is 0 Å². The number of nitrogens with zero attached hydrogens (tertiary/aromatic N) is 5. The largest absolute Gasteiger partial charge is 0.618 e. The highest BCUT2D eigenvalue weighted by Gasteiger charge is 2.45. The number of hydrogen-bond acceptors (Lipinski definition) is 6. The van der Waals surface area contributed by atoms with Crippen LogP contribution in [0, 0.1) is 11.1 Å². The van der Waals surface area contributed by atoms with Crippen molar-refractivity contribution in [2.45, 2.75) is 89.4 Å². The van der Waals surface area contributed by atoms with Gasteiger partial charge in [-0.2, -0.15) is 14.9 Å². The van der Waals surface area contributed by atoms with Gasteiger partial charge in [0.05, 0.1) is 40.3 Å². The smallest absolute Gasteiger partial charge is 0.321 e. The summed E-state index contributed by atoms with van der Waals surface area (Å²) < 4.78 is 4.27. The summed E-state index contributed by atoms with van der Waals surface area (Å²) in [5, 5.41) is 47.6. The van der Waals surface area contributed by atoms with Crippen LogP contribution in [0.25, 0.3) is 16.6 Å². The highest BCUT2D eigenvalue weighted by atomic mass is 16.5. The maximum atomic E-state index is 13.4. The number of amides is 1. The third-order valence-electron chi connectivity index (χ3n) is 8.75. The maximum absolute atomic E-state index is 13.4. The van der Waals surface area contributed by atoms with Gasteiger partial charge in [0.2, 0.25) is 0 Å². The molecule has 10 heteroatoms. The third kappa shape index (κ3) is 5.22. The van der Waals surface area contributed by atoms with Crippen LogP contribution in [0.2, 0.25) is 0 Å². The van der Waals surface area contributed by atoms with Gasteiger partial charge in [0.15, 0.2) is 5.69 Å². The summed E-state index contributed by atoms with van der Waals surface area (Å²) in [6.45, 7) is 7.19. The van der Waals surface area contributed by atoms with Crippen LogP contribution < -0.4 is 10.0 Å². The predicted octanol–water partition coefficient (Wildman–Crippen LogP) is 4.71. The van der Waals surface area contributed by atoms with Crippen molar-refractivity contribution in [3.63, 3.8) is 0 Å². The van der Waals surface area contributed by atoms with E-state index in [0.29, 0.717) is 33.3 Å².